The molecule has 1 aliphatic heterocycles. The number of benzene rings is 2. The van der Waals surface area contributed by atoms with E-state index < -0.39 is 9.84 Å². The first-order valence-corrected chi connectivity index (χ1v) is 14.8. The average molecular weight is 519 g/mol. The Kier molecular flexibility index (Phi) is 7.63. The van der Waals surface area contributed by atoms with Crippen LogP contribution in [0.1, 0.15) is 53.9 Å². The van der Waals surface area contributed by atoms with E-state index in [9.17, 15) is 13.7 Å². The maximum absolute atomic E-state index is 12.5. The zero-order valence-electron chi connectivity index (χ0n) is 21.3. The molecular weight excluding hydrogens is 484 g/mol. The quantitative estimate of drug-likeness (QED) is 0.393. The summed E-state index contributed by atoms with van der Waals surface area (Å²) in [5.74, 6) is 1.11. The van der Waals surface area contributed by atoms with Crippen LogP contribution >= 0.6 is 0 Å². The number of ether oxygens (including phenoxy) is 1. The number of hydrogen-bond acceptors (Lipinski definition) is 6. The molecule has 37 heavy (non-hydrogen) atoms. The predicted molar refractivity (Wildman–Crippen MR) is 142 cm³/mol. The first kappa shape index (κ1) is 25.5. The minimum Gasteiger partial charge on any atom is -0.494 e. The summed E-state index contributed by atoms with van der Waals surface area (Å²) < 4.78 is 32.7. The lowest BCUT2D eigenvalue weighted by Gasteiger charge is -2.39. The molecule has 0 amide bonds. The molecule has 0 spiro atoms. The van der Waals surface area contributed by atoms with Crippen molar-refractivity contribution >= 4 is 9.84 Å². The summed E-state index contributed by atoms with van der Waals surface area (Å²) in [7, 11) is -1.66. The van der Waals surface area contributed by atoms with Gasteiger partial charge in [-0.3, -0.25) is 4.90 Å². The van der Waals surface area contributed by atoms with Crippen molar-refractivity contribution in [1.82, 2.24) is 14.5 Å². The number of nitriles is 1. The van der Waals surface area contributed by atoms with Crippen LogP contribution in [0.15, 0.2) is 60.0 Å². The van der Waals surface area contributed by atoms with Gasteiger partial charge < -0.3 is 9.30 Å². The fourth-order valence-electron chi connectivity index (χ4n) is 5.82. The summed E-state index contributed by atoms with van der Waals surface area (Å²) in [6.07, 6.45) is 9.01. The Morgan fingerprint density at radius 2 is 2.00 bits per heavy atom. The Balaban J connectivity index is 1.31. The zero-order chi connectivity index (χ0) is 25.8. The minimum atomic E-state index is -3.41. The number of hydrogen-bond donors (Lipinski definition) is 0. The molecule has 194 valence electrons. The van der Waals surface area contributed by atoms with Gasteiger partial charge in [0.25, 0.3) is 0 Å². The second-order valence-corrected chi connectivity index (χ2v) is 12.3. The molecule has 3 aromatic rings. The Hall–Kier alpha value is -3.15. The Bertz CT molecular complexity index is 1390. The number of sulfone groups is 1. The van der Waals surface area contributed by atoms with Crippen LogP contribution in [0.25, 0.3) is 0 Å². The molecule has 1 aliphatic carbocycles. The monoisotopic (exact) mass is 518 g/mol. The van der Waals surface area contributed by atoms with Crippen LogP contribution in [0, 0.1) is 11.3 Å². The van der Waals surface area contributed by atoms with Gasteiger partial charge in [-0.15, -0.1) is 0 Å². The summed E-state index contributed by atoms with van der Waals surface area (Å²) in [6, 6.07) is 17.1. The van der Waals surface area contributed by atoms with Crippen LogP contribution in [0.2, 0.25) is 0 Å². The molecule has 0 saturated carbocycles. The van der Waals surface area contributed by atoms with Gasteiger partial charge in [0, 0.05) is 25.2 Å². The molecule has 1 aromatic heterocycles. The topological polar surface area (TPSA) is 88.2 Å². The van der Waals surface area contributed by atoms with Crippen LogP contribution in [-0.2, 0) is 29.7 Å². The molecule has 0 bridgehead atoms. The number of rotatable bonds is 9. The van der Waals surface area contributed by atoms with Crippen LogP contribution in [0.4, 0.5) is 0 Å². The summed E-state index contributed by atoms with van der Waals surface area (Å²) in [5, 5.41) is 9.50. The molecule has 7 nitrogen and oxygen atoms in total. The normalized spacial score (nSPS) is 19.9. The summed E-state index contributed by atoms with van der Waals surface area (Å²) >= 11 is 0. The average Bonchev–Trinajstić information content (AvgIpc) is 3.60. The smallest absolute Gasteiger partial charge is 0.197 e. The molecule has 5 rings (SSSR count). The molecule has 2 aromatic carbocycles. The number of aromatic nitrogens is 2. The Morgan fingerprint density at radius 1 is 1.16 bits per heavy atom. The molecule has 2 unspecified atom stereocenters. The second kappa shape index (κ2) is 11.1. The third-order valence-corrected chi connectivity index (χ3v) is 9.31. The molecule has 2 aliphatic rings. The molecule has 2 atom stereocenters. The van der Waals surface area contributed by atoms with Crippen molar-refractivity contribution in [1.29, 1.82) is 5.26 Å². The van der Waals surface area contributed by atoms with E-state index in [1.54, 1.807) is 11.6 Å². The molecule has 1 fully saturated rings. The number of aryl methyl sites for hydroxylation is 2. The number of imidazole rings is 1. The molecule has 0 radical (unpaired) electrons. The lowest BCUT2D eigenvalue weighted by Crippen LogP contribution is -2.41. The van der Waals surface area contributed by atoms with E-state index in [4.69, 9.17) is 4.74 Å². The van der Waals surface area contributed by atoms with Crippen LogP contribution in [-0.4, -0.2) is 54.4 Å². The summed E-state index contributed by atoms with van der Waals surface area (Å²) in [4.78, 5) is 6.63. The molecular formula is C29H34N4O3S. The number of nitrogens with zero attached hydrogens (tertiary/aromatic N) is 4. The number of fused-ring (bicyclic) bond motifs is 1. The maximum Gasteiger partial charge on any atom is 0.197 e. The fraction of sp³-hybridized carbons (Fsp3) is 0.448. The predicted octanol–water partition coefficient (Wildman–Crippen LogP) is 4.27. The van der Waals surface area contributed by atoms with Crippen molar-refractivity contribution in [3.05, 3.63) is 77.2 Å². The lowest BCUT2D eigenvalue weighted by atomic mass is 9.75. The van der Waals surface area contributed by atoms with Gasteiger partial charge in [-0.2, -0.15) is 5.26 Å². The zero-order valence-corrected chi connectivity index (χ0v) is 22.2. The van der Waals surface area contributed by atoms with Crippen LogP contribution < -0.4 is 4.74 Å². The SMILES string of the molecule is Cn1cnc(S(=O)(=O)CCCOc2ccc3c(c2)C(Cc2cccc(C#N)c2)C(N2CCCC2)CC3)c1. The standard InChI is InChI=1S/C29H34N4O3S/c1-32-20-29(31-21-32)37(34,35)15-5-14-36-25-10-8-24-9-11-28(33-12-2-3-13-33)27(26(24)18-25)17-22-6-4-7-23(16-22)19-30/h4,6-8,10,16,18,20-21,27-28H,2-3,5,9,11-15,17H2,1H3. The van der Waals surface area contributed by atoms with E-state index in [1.807, 2.05) is 24.3 Å². The van der Waals surface area contributed by atoms with Crippen molar-refractivity contribution in [2.75, 3.05) is 25.4 Å². The molecule has 1 saturated heterocycles. The van der Waals surface area contributed by atoms with Gasteiger partial charge in [0.1, 0.15) is 5.75 Å². The van der Waals surface area contributed by atoms with E-state index in [2.05, 4.69) is 34.2 Å². The van der Waals surface area contributed by atoms with Gasteiger partial charge in [0.2, 0.25) is 0 Å². The Labute approximate surface area is 219 Å². The molecule has 0 N–H and O–H groups in total. The third kappa shape index (κ3) is 5.89. The highest BCUT2D eigenvalue weighted by molar-refractivity contribution is 7.91. The summed E-state index contributed by atoms with van der Waals surface area (Å²) in [5.41, 5.74) is 4.57. The minimum absolute atomic E-state index is 0.00382. The molecule has 2 heterocycles. The third-order valence-electron chi connectivity index (χ3n) is 7.64. The fourth-order valence-corrected chi connectivity index (χ4v) is 7.06. The van der Waals surface area contributed by atoms with E-state index in [-0.39, 0.29) is 10.8 Å². The van der Waals surface area contributed by atoms with Gasteiger partial charge in [-0.25, -0.2) is 13.4 Å². The van der Waals surface area contributed by atoms with Crippen molar-refractivity contribution in [3.8, 4) is 11.8 Å². The van der Waals surface area contributed by atoms with E-state index in [0.717, 1.165) is 38.1 Å². The largest absolute Gasteiger partial charge is 0.494 e. The van der Waals surface area contributed by atoms with Gasteiger partial charge in [0.05, 0.1) is 30.3 Å². The van der Waals surface area contributed by atoms with Crippen molar-refractivity contribution < 1.29 is 13.2 Å². The highest BCUT2D eigenvalue weighted by Gasteiger charge is 2.35. The van der Waals surface area contributed by atoms with Crippen LogP contribution in [0.3, 0.4) is 0 Å². The first-order valence-electron chi connectivity index (χ1n) is 13.1. The molecule has 8 heteroatoms. The first-order chi connectivity index (χ1) is 17.9. The highest BCUT2D eigenvalue weighted by atomic mass is 32.2. The highest BCUT2D eigenvalue weighted by Crippen LogP contribution is 2.40. The van der Waals surface area contributed by atoms with E-state index in [0.29, 0.717) is 30.6 Å². The van der Waals surface area contributed by atoms with E-state index >= 15 is 0 Å². The van der Waals surface area contributed by atoms with Crippen LogP contribution in [0.5, 0.6) is 5.75 Å². The maximum atomic E-state index is 12.5. The van der Waals surface area contributed by atoms with Crippen molar-refractivity contribution in [2.45, 2.75) is 55.5 Å². The summed E-state index contributed by atoms with van der Waals surface area (Å²) in [6.45, 7) is 2.63. The van der Waals surface area contributed by atoms with Gasteiger partial charge in [-0.1, -0.05) is 18.2 Å². The van der Waals surface area contributed by atoms with Crippen molar-refractivity contribution in [3.63, 3.8) is 0 Å². The lowest BCUT2D eigenvalue weighted by molar-refractivity contribution is 0.188. The Morgan fingerprint density at radius 3 is 2.76 bits per heavy atom. The number of likely N-dealkylation sites (tertiary alicyclic amines) is 1. The van der Waals surface area contributed by atoms with Gasteiger partial charge in [0.15, 0.2) is 14.9 Å². The van der Waals surface area contributed by atoms with Crippen molar-refractivity contribution in [2.24, 2.45) is 7.05 Å². The van der Waals surface area contributed by atoms with Gasteiger partial charge >= 0.3 is 0 Å². The second-order valence-electron chi connectivity index (χ2n) is 10.2. The van der Waals surface area contributed by atoms with E-state index in [1.165, 1.54) is 42.1 Å². The van der Waals surface area contributed by atoms with Gasteiger partial charge in [-0.05, 0) is 92.6 Å².